The molecule has 3 aromatic carbocycles. The normalized spacial score (nSPS) is 12.5. The lowest BCUT2D eigenvalue weighted by molar-refractivity contribution is -0.124. The number of carbonyl (C=O) groups excluding carboxylic acids is 3. The number of nitrogens with zero attached hydrogens (tertiary/aromatic N) is 1. The lowest BCUT2D eigenvalue weighted by atomic mass is 10.1. The van der Waals surface area contributed by atoms with Gasteiger partial charge in [0.25, 0.3) is 0 Å². The van der Waals surface area contributed by atoms with Gasteiger partial charge in [-0.3, -0.25) is 14.4 Å². The molecule has 0 aromatic heterocycles. The summed E-state index contributed by atoms with van der Waals surface area (Å²) in [5, 5.41) is 8.82. The van der Waals surface area contributed by atoms with Gasteiger partial charge in [-0.05, 0) is 48.5 Å². The summed E-state index contributed by atoms with van der Waals surface area (Å²) in [4.78, 5) is 38.2. The zero-order chi connectivity index (χ0) is 21.6. The van der Waals surface area contributed by atoms with E-state index in [1.54, 1.807) is 36.4 Å². The summed E-state index contributed by atoms with van der Waals surface area (Å²) < 4.78 is 0. The number of anilines is 5. The van der Waals surface area contributed by atoms with Gasteiger partial charge >= 0.3 is 0 Å². The van der Waals surface area contributed by atoms with E-state index in [0.717, 1.165) is 11.4 Å². The first-order valence-corrected chi connectivity index (χ1v) is 10.00. The maximum Gasteiger partial charge on any atom is 0.244 e. The number of hydrogen-bond donors (Lipinski definition) is 3. The molecule has 0 fully saturated rings. The van der Waals surface area contributed by atoms with E-state index in [4.69, 9.17) is 0 Å². The van der Waals surface area contributed by atoms with Gasteiger partial charge in [0.05, 0.1) is 11.4 Å². The number of rotatable bonds is 6. The Kier molecular flexibility index (Phi) is 5.93. The summed E-state index contributed by atoms with van der Waals surface area (Å²) in [6, 6.07) is 24.3. The second-order valence-electron chi connectivity index (χ2n) is 7.16. The monoisotopic (exact) mass is 414 g/mol. The Balaban J connectivity index is 1.30. The minimum Gasteiger partial charge on any atom is -0.356 e. The lowest BCUT2D eigenvalue weighted by Crippen LogP contribution is -2.42. The van der Waals surface area contributed by atoms with Crippen molar-refractivity contribution in [3.05, 3.63) is 78.9 Å². The largest absolute Gasteiger partial charge is 0.356 e. The summed E-state index contributed by atoms with van der Waals surface area (Å²) in [6.07, 6.45) is 0.0459. The van der Waals surface area contributed by atoms with Crippen LogP contribution in [0, 0.1) is 0 Å². The second kappa shape index (κ2) is 9.13. The minimum atomic E-state index is -0.264. The van der Waals surface area contributed by atoms with E-state index in [0.29, 0.717) is 17.1 Å². The molecule has 0 spiro atoms. The quantitative estimate of drug-likeness (QED) is 0.566. The van der Waals surface area contributed by atoms with E-state index >= 15 is 0 Å². The molecule has 1 aliphatic heterocycles. The molecule has 3 amide bonds. The molecule has 31 heavy (non-hydrogen) atoms. The smallest absolute Gasteiger partial charge is 0.244 e. The van der Waals surface area contributed by atoms with Crippen LogP contribution in [0.15, 0.2) is 78.9 Å². The van der Waals surface area contributed by atoms with Crippen LogP contribution in [-0.4, -0.2) is 24.3 Å². The van der Waals surface area contributed by atoms with Crippen LogP contribution in [-0.2, 0) is 14.4 Å². The van der Waals surface area contributed by atoms with Crippen molar-refractivity contribution < 1.29 is 14.4 Å². The Morgan fingerprint density at radius 1 is 0.806 bits per heavy atom. The third-order valence-electron chi connectivity index (χ3n) is 4.87. The van der Waals surface area contributed by atoms with Gasteiger partial charge in [0, 0.05) is 29.9 Å². The predicted molar refractivity (Wildman–Crippen MR) is 121 cm³/mol. The first-order chi connectivity index (χ1) is 15.1. The van der Waals surface area contributed by atoms with Gasteiger partial charge in [-0.25, -0.2) is 0 Å². The number of amides is 3. The molecule has 0 aliphatic carbocycles. The molecular formula is C24H22N4O3. The van der Waals surface area contributed by atoms with Crippen LogP contribution in [0.25, 0.3) is 0 Å². The van der Waals surface area contributed by atoms with Gasteiger partial charge in [-0.2, -0.15) is 0 Å². The first-order valence-electron chi connectivity index (χ1n) is 10.00. The average Bonchev–Trinajstić information content (AvgIpc) is 2.79. The van der Waals surface area contributed by atoms with Crippen molar-refractivity contribution in [3.63, 3.8) is 0 Å². The highest BCUT2D eigenvalue weighted by atomic mass is 16.2. The Bertz CT molecular complexity index is 1100. The molecule has 3 aromatic rings. The molecule has 7 nitrogen and oxygen atoms in total. The fraction of sp³-hybridized carbons (Fsp3) is 0.125. The zero-order valence-corrected chi connectivity index (χ0v) is 16.8. The molecule has 1 heterocycles. The van der Waals surface area contributed by atoms with Gasteiger partial charge in [-0.1, -0.05) is 30.3 Å². The number of benzene rings is 3. The van der Waals surface area contributed by atoms with E-state index in [1.165, 1.54) is 4.90 Å². The second-order valence-corrected chi connectivity index (χ2v) is 7.16. The fourth-order valence-corrected chi connectivity index (χ4v) is 3.36. The van der Waals surface area contributed by atoms with Crippen LogP contribution >= 0.6 is 0 Å². The molecule has 7 heteroatoms. The van der Waals surface area contributed by atoms with Gasteiger partial charge in [-0.15, -0.1) is 0 Å². The van der Waals surface area contributed by atoms with E-state index in [2.05, 4.69) is 16.0 Å². The van der Waals surface area contributed by atoms with Crippen LogP contribution in [0.1, 0.15) is 12.8 Å². The highest BCUT2D eigenvalue weighted by Crippen LogP contribution is 2.29. The number of para-hydroxylation sites is 3. The first kappa shape index (κ1) is 20.2. The highest BCUT2D eigenvalue weighted by Gasteiger charge is 2.26. The molecule has 0 saturated carbocycles. The SMILES string of the molecule is O=C(CCC(=O)N1CC(=O)Nc2ccccc21)Nc1ccc(Nc2ccccc2)cc1. The van der Waals surface area contributed by atoms with Crippen LogP contribution < -0.4 is 20.9 Å². The fourth-order valence-electron chi connectivity index (χ4n) is 3.36. The maximum absolute atomic E-state index is 12.6. The molecule has 0 atom stereocenters. The zero-order valence-electron chi connectivity index (χ0n) is 16.8. The Morgan fingerprint density at radius 3 is 2.23 bits per heavy atom. The van der Waals surface area contributed by atoms with E-state index in [1.807, 2.05) is 42.5 Å². The van der Waals surface area contributed by atoms with Crippen molar-refractivity contribution in [2.75, 3.05) is 27.4 Å². The van der Waals surface area contributed by atoms with Crippen molar-refractivity contribution in [1.29, 1.82) is 0 Å². The summed E-state index contributed by atoms with van der Waals surface area (Å²) in [6.45, 7) is -0.0483. The van der Waals surface area contributed by atoms with Crippen LogP contribution in [0.5, 0.6) is 0 Å². The number of nitrogens with one attached hydrogen (secondary N) is 3. The van der Waals surface area contributed by atoms with Crippen molar-refractivity contribution in [3.8, 4) is 0 Å². The van der Waals surface area contributed by atoms with Gasteiger partial charge in [0.1, 0.15) is 6.54 Å². The van der Waals surface area contributed by atoms with Crippen molar-refractivity contribution in [2.45, 2.75) is 12.8 Å². The maximum atomic E-state index is 12.6. The highest BCUT2D eigenvalue weighted by molar-refractivity contribution is 6.10. The Hall–Kier alpha value is -4.13. The Morgan fingerprint density at radius 2 is 1.45 bits per heavy atom. The van der Waals surface area contributed by atoms with Crippen molar-refractivity contribution >= 4 is 46.2 Å². The number of hydrogen-bond acceptors (Lipinski definition) is 4. The number of fused-ring (bicyclic) bond motifs is 1. The molecule has 0 radical (unpaired) electrons. The van der Waals surface area contributed by atoms with Crippen molar-refractivity contribution in [2.24, 2.45) is 0 Å². The van der Waals surface area contributed by atoms with Gasteiger partial charge < -0.3 is 20.9 Å². The summed E-state index contributed by atoms with van der Waals surface area (Å²) >= 11 is 0. The molecular weight excluding hydrogens is 392 g/mol. The van der Waals surface area contributed by atoms with Gasteiger partial charge in [0.15, 0.2) is 0 Å². The van der Waals surface area contributed by atoms with Crippen LogP contribution in [0.2, 0.25) is 0 Å². The van der Waals surface area contributed by atoms with E-state index in [-0.39, 0.29) is 37.1 Å². The van der Waals surface area contributed by atoms with E-state index in [9.17, 15) is 14.4 Å². The molecule has 156 valence electrons. The van der Waals surface area contributed by atoms with Crippen molar-refractivity contribution in [1.82, 2.24) is 0 Å². The summed E-state index contributed by atoms with van der Waals surface area (Å²) in [5.41, 5.74) is 3.78. The molecule has 3 N–H and O–H groups in total. The molecule has 1 aliphatic rings. The minimum absolute atomic E-state index is 0.0150. The Labute approximate surface area is 180 Å². The summed E-state index contributed by atoms with van der Waals surface area (Å²) in [7, 11) is 0. The van der Waals surface area contributed by atoms with Crippen LogP contribution in [0.4, 0.5) is 28.4 Å². The third-order valence-corrected chi connectivity index (χ3v) is 4.87. The lowest BCUT2D eigenvalue weighted by Gasteiger charge is -2.29. The third kappa shape index (κ3) is 5.08. The summed E-state index contributed by atoms with van der Waals surface area (Å²) in [5.74, 6) is -0.771. The topological polar surface area (TPSA) is 90.5 Å². The average molecular weight is 414 g/mol. The van der Waals surface area contributed by atoms with Crippen LogP contribution in [0.3, 0.4) is 0 Å². The molecule has 0 unspecified atom stereocenters. The van der Waals surface area contributed by atoms with E-state index < -0.39 is 0 Å². The molecule has 4 rings (SSSR count). The molecule has 0 bridgehead atoms. The number of carbonyl (C=O) groups is 3. The van der Waals surface area contributed by atoms with Gasteiger partial charge in [0.2, 0.25) is 17.7 Å². The molecule has 0 saturated heterocycles. The predicted octanol–water partition coefficient (Wildman–Crippen LogP) is 4.13. The standard InChI is InChI=1S/C24H22N4O3/c29-22(26-19-12-10-18(11-13-19)25-17-6-2-1-3-7-17)14-15-24(31)28-16-23(30)27-20-8-4-5-9-21(20)28/h1-13,25H,14-16H2,(H,26,29)(H,27,30).